The SMILES string of the molecule is O=C(CSc1nnc(-c2ccncc2)n1-c1ccc(Cl)cc1)c1ccc(O)c(O)c1. The Hall–Kier alpha value is -3.36. The summed E-state index contributed by atoms with van der Waals surface area (Å²) in [7, 11) is 0. The Labute approximate surface area is 181 Å². The number of carbonyl (C=O) groups is 1. The van der Waals surface area contributed by atoms with Crippen LogP contribution in [-0.4, -0.2) is 41.5 Å². The van der Waals surface area contributed by atoms with Crippen LogP contribution in [0.25, 0.3) is 17.1 Å². The highest BCUT2D eigenvalue weighted by Crippen LogP contribution is 2.30. The fourth-order valence-electron chi connectivity index (χ4n) is 2.78. The van der Waals surface area contributed by atoms with Crippen molar-refractivity contribution < 1.29 is 15.0 Å². The van der Waals surface area contributed by atoms with E-state index >= 15 is 0 Å². The Morgan fingerprint density at radius 3 is 2.40 bits per heavy atom. The number of rotatable bonds is 6. The molecule has 30 heavy (non-hydrogen) atoms. The Balaban J connectivity index is 1.66. The molecule has 7 nitrogen and oxygen atoms in total. The lowest BCUT2D eigenvalue weighted by atomic mass is 10.1. The van der Waals surface area contributed by atoms with Crippen LogP contribution in [0.1, 0.15) is 10.4 Å². The van der Waals surface area contributed by atoms with E-state index in [-0.39, 0.29) is 23.0 Å². The predicted octanol–water partition coefficient (Wildman–Crippen LogP) is 4.37. The van der Waals surface area contributed by atoms with E-state index in [4.69, 9.17) is 11.6 Å². The van der Waals surface area contributed by atoms with Gasteiger partial charge in [0.25, 0.3) is 0 Å². The maximum atomic E-state index is 12.6. The van der Waals surface area contributed by atoms with Gasteiger partial charge in [-0.3, -0.25) is 14.3 Å². The summed E-state index contributed by atoms with van der Waals surface area (Å²) >= 11 is 7.25. The lowest BCUT2D eigenvalue weighted by Crippen LogP contribution is -2.05. The van der Waals surface area contributed by atoms with Crippen molar-refractivity contribution in [2.45, 2.75) is 5.16 Å². The number of halogens is 1. The van der Waals surface area contributed by atoms with Crippen molar-refractivity contribution >= 4 is 29.1 Å². The number of carbonyl (C=O) groups excluding carboxylic acids is 1. The summed E-state index contributed by atoms with van der Waals surface area (Å²) in [5, 5.41) is 28.8. The van der Waals surface area contributed by atoms with Gasteiger partial charge in [-0.2, -0.15) is 0 Å². The number of benzene rings is 2. The highest BCUT2D eigenvalue weighted by molar-refractivity contribution is 7.99. The molecule has 0 bridgehead atoms. The smallest absolute Gasteiger partial charge is 0.196 e. The minimum Gasteiger partial charge on any atom is -0.504 e. The van der Waals surface area contributed by atoms with Crippen LogP contribution in [0.4, 0.5) is 0 Å². The summed E-state index contributed by atoms with van der Waals surface area (Å²) in [6.45, 7) is 0. The van der Waals surface area contributed by atoms with Crippen molar-refractivity contribution in [2.24, 2.45) is 0 Å². The molecule has 4 aromatic rings. The molecule has 0 radical (unpaired) electrons. The first-order valence-corrected chi connectivity index (χ1v) is 10.2. The van der Waals surface area contributed by atoms with Gasteiger partial charge in [-0.1, -0.05) is 23.4 Å². The van der Waals surface area contributed by atoms with Gasteiger partial charge in [0, 0.05) is 34.2 Å². The number of thioether (sulfide) groups is 1. The molecule has 0 atom stereocenters. The van der Waals surface area contributed by atoms with E-state index in [2.05, 4.69) is 15.2 Å². The van der Waals surface area contributed by atoms with E-state index in [0.29, 0.717) is 21.6 Å². The average Bonchev–Trinajstić information content (AvgIpc) is 3.19. The van der Waals surface area contributed by atoms with E-state index in [1.165, 1.54) is 30.0 Å². The molecule has 0 amide bonds. The topological polar surface area (TPSA) is 101 Å². The second-order valence-corrected chi connectivity index (χ2v) is 7.65. The maximum Gasteiger partial charge on any atom is 0.196 e. The van der Waals surface area contributed by atoms with Gasteiger partial charge in [0.1, 0.15) is 0 Å². The standard InChI is InChI=1S/C21H15ClN4O3S/c22-15-2-4-16(5-3-15)26-20(13-7-9-23-10-8-13)24-25-21(26)30-12-19(29)14-1-6-17(27)18(28)11-14/h1-11,27-28H,12H2. The molecule has 4 rings (SSSR count). The lowest BCUT2D eigenvalue weighted by Gasteiger charge is -2.10. The first-order chi connectivity index (χ1) is 14.5. The van der Waals surface area contributed by atoms with Crippen LogP contribution in [0.5, 0.6) is 11.5 Å². The molecule has 150 valence electrons. The number of aromatic hydroxyl groups is 2. The Bertz CT molecular complexity index is 1200. The summed E-state index contributed by atoms with van der Waals surface area (Å²) in [6, 6.07) is 14.9. The minimum absolute atomic E-state index is 0.0757. The summed E-state index contributed by atoms with van der Waals surface area (Å²) in [5.74, 6) is -0.145. The van der Waals surface area contributed by atoms with Gasteiger partial charge in [0.15, 0.2) is 28.3 Å². The second kappa shape index (κ2) is 8.56. The van der Waals surface area contributed by atoms with E-state index in [1.807, 2.05) is 28.8 Å². The number of phenols is 2. The van der Waals surface area contributed by atoms with Crippen molar-refractivity contribution in [1.29, 1.82) is 0 Å². The highest BCUT2D eigenvalue weighted by Gasteiger charge is 2.18. The highest BCUT2D eigenvalue weighted by atomic mass is 35.5. The largest absolute Gasteiger partial charge is 0.504 e. The molecule has 0 saturated heterocycles. The Kier molecular flexibility index (Phi) is 5.69. The molecule has 2 heterocycles. The van der Waals surface area contributed by atoms with Gasteiger partial charge in [-0.25, -0.2) is 0 Å². The molecule has 0 aliphatic heterocycles. The van der Waals surface area contributed by atoms with Crippen molar-refractivity contribution in [1.82, 2.24) is 19.7 Å². The average molecular weight is 439 g/mol. The van der Waals surface area contributed by atoms with Gasteiger partial charge in [-0.15, -0.1) is 10.2 Å². The van der Waals surface area contributed by atoms with Crippen molar-refractivity contribution in [3.05, 3.63) is 77.6 Å². The number of hydrogen-bond acceptors (Lipinski definition) is 7. The van der Waals surface area contributed by atoms with E-state index in [9.17, 15) is 15.0 Å². The molecule has 0 aliphatic rings. The number of ketones is 1. The molecule has 2 N–H and O–H groups in total. The zero-order valence-electron chi connectivity index (χ0n) is 15.4. The van der Waals surface area contributed by atoms with E-state index in [1.54, 1.807) is 24.5 Å². The summed E-state index contributed by atoms with van der Waals surface area (Å²) in [5.41, 5.74) is 1.92. The molecule has 0 fully saturated rings. The van der Waals surface area contributed by atoms with Crippen LogP contribution >= 0.6 is 23.4 Å². The zero-order valence-corrected chi connectivity index (χ0v) is 17.0. The van der Waals surface area contributed by atoms with Gasteiger partial charge in [0.05, 0.1) is 5.75 Å². The quantitative estimate of drug-likeness (QED) is 0.262. The summed E-state index contributed by atoms with van der Waals surface area (Å²) < 4.78 is 1.85. The molecule has 2 aromatic carbocycles. The molecule has 0 unspecified atom stereocenters. The lowest BCUT2D eigenvalue weighted by molar-refractivity contribution is 0.102. The van der Waals surface area contributed by atoms with Crippen LogP contribution in [-0.2, 0) is 0 Å². The number of nitrogens with zero attached hydrogens (tertiary/aromatic N) is 4. The molecule has 0 aliphatic carbocycles. The third kappa shape index (κ3) is 4.14. The van der Waals surface area contributed by atoms with Gasteiger partial charge >= 0.3 is 0 Å². The van der Waals surface area contributed by atoms with Crippen molar-refractivity contribution in [2.75, 3.05) is 5.75 Å². The summed E-state index contributed by atoms with van der Waals surface area (Å²) in [4.78, 5) is 16.6. The van der Waals surface area contributed by atoms with Gasteiger partial charge in [0.2, 0.25) is 0 Å². The first-order valence-electron chi connectivity index (χ1n) is 8.82. The number of phenolic OH excluding ortho intramolecular Hbond substituents is 2. The van der Waals surface area contributed by atoms with Gasteiger partial charge in [-0.05, 0) is 54.6 Å². The molecule has 9 heteroatoms. The second-order valence-electron chi connectivity index (χ2n) is 6.27. The van der Waals surface area contributed by atoms with Gasteiger partial charge < -0.3 is 10.2 Å². The normalized spacial score (nSPS) is 10.8. The van der Waals surface area contributed by atoms with Crippen LogP contribution in [0, 0.1) is 0 Å². The van der Waals surface area contributed by atoms with Crippen LogP contribution in [0.15, 0.2) is 72.1 Å². The summed E-state index contributed by atoms with van der Waals surface area (Å²) in [6.07, 6.45) is 3.34. The number of aromatic nitrogens is 4. The van der Waals surface area contributed by atoms with E-state index in [0.717, 1.165) is 11.3 Å². The van der Waals surface area contributed by atoms with Crippen molar-refractivity contribution in [3.63, 3.8) is 0 Å². The maximum absolute atomic E-state index is 12.6. The number of pyridine rings is 1. The molecular formula is C21H15ClN4O3S. The fraction of sp³-hybridized carbons (Fsp3) is 0.0476. The third-order valence-corrected chi connectivity index (χ3v) is 5.47. The first kappa shape index (κ1) is 19.9. The number of hydrogen-bond donors (Lipinski definition) is 2. The van der Waals surface area contributed by atoms with E-state index < -0.39 is 0 Å². The fourth-order valence-corrected chi connectivity index (χ4v) is 3.76. The minimum atomic E-state index is -0.338. The van der Waals surface area contributed by atoms with Crippen LogP contribution < -0.4 is 0 Å². The molecule has 0 saturated carbocycles. The Morgan fingerprint density at radius 1 is 0.967 bits per heavy atom. The molecular weight excluding hydrogens is 424 g/mol. The van der Waals surface area contributed by atoms with Crippen LogP contribution in [0.2, 0.25) is 5.02 Å². The molecule has 2 aromatic heterocycles. The van der Waals surface area contributed by atoms with Crippen LogP contribution in [0.3, 0.4) is 0 Å². The molecule has 0 spiro atoms. The monoisotopic (exact) mass is 438 g/mol. The Morgan fingerprint density at radius 2 is 1.70 bits per heavy atom. The predicted molar refractivity (Wildman–Crippen MR) is 114 cm³/mol. The number of Topliss-reactive ketones (excluding diaryl/α,β-unsaturated/α-hetero) is 1. The third-order valence-electron chi connectivity index (χ3n) is 4.29. The van der Waals surface area contributed by atoms with Crippen molar-refractivity contribution in [3.8, 4) is 28.6 Å². The zero-order chi connectivity index (χ0) is 21.1.